The van der Waals surface area contributed by atoms with E-state index in [-0.39, 0.29) is 17.0 Å². The molecule has 0 aliphatic heterocycles. The van der Waals surface area contributed by atoms with Crippen LogP contribution in [0.4, 0.5) is 0 Å². The lowest BCUT2D eigenvalue weighted by Crippen LogP contribution is -3.00. The molecule has 0 aliphatic carbocycles. The predicted octanol–water partition coefficient (Wildman–Crippen LogP) is 1.49. The summed E-state index contributed by atoms with van der Waals surface area (Å²) in [5, 5.41) is 2.94. The maximum Gasteiger partial charge on any atom is 0.0992 e. The maximum atomic E-state index is 2.45. The van der Waals surface area contributed by atoms with E-state index in [9.17, 15) is 0 Å². The molecule has 0 saturated heterocycles. The number of rotatable bonds is 4. The van der Waals surface area contributed by atoms with Gasteiger partial charge in [-0.1, -0.05) is 66.7 Å². The molecular formula is C20H20BrP. The topological polar surface area (TPSA) is 0 Å². The fourth-order valence-corrected chi connectivity index (χ4v) is 6.06. The van der Waals surface area contributed by atoms with Gasteiger partial charge >= 0.3 is 0 Å². The average molecular weight is 371 g/mol. The van der Waals surface area contributed by atoms with Gasteiger partial charge in [0, 0.05) is 0 Å². The number of hydrogen-bond donors (Lipinski definition) is 0. The number of hydrogen-bond acceptors (Lipinski definition) is 0. The van der Waals surface area contributed by atoms with E-state index in [4.69, 9.17) is 0 Å². The van der Waals surface area contributed by atoms with E-state index in [1.807, 2.05) is 0 Å². The van der Waals surface area contributed by atoms with E-state index in [0.29, 0.717) is 0 Å². The summed E-state index contributed by atoms with van der Waals surface area (Å²) >= 11 is 0. The first kappa shape index (κ1) is 16.9. The van der Waals surface area contributed by atoms with E-state index in [1.54, 1.807) is 0 Å². The molecule has 3 aromatic rings. The molecule has 0 aromatic heterocycles. The van der Waals surface area contributed by atoms with Crippen LogP contribution in [0.5, 0.6) is 0 Å². The van der Waals surface area contributed by atoms with Gasteiger partial charge in [-0.05, 0) is 29.8 Å². The van der Waals surface area contributed by atoms with Crippen LogP contribution in [0, 0.1) is 0 Å². The Morgan fingerprint density at radius 3 is 1.36 bits per heavy atom. The molecule has 0 aliphatic rings. The zero-order valence-electron chi connectivity index (χ0n) is 12.7. The number of halogens is 1. The molecule has 0 bridgehead atoms. The molecule has 22 heavy (non-hydrogen) atoms. The minimum Gasteiger partial charge on any atom is -1.00 e. The Morgan fingerprint density at radius 1 is 0.591 bits per heavy atom. The first-order valence-corrected chi connectivity index (χ1v) is 9.72. The van der Waals surface area contributed by atoms with Gasteiger partial charge in [0.25, 0.3) is 0 Å². The first-order valence-electron chi connectivity index (χ1n) is 7.30. The molecule has 0 N–H and O–H groups in total. The van der Waals surface area contributed by atoms with Crippen molar-refractivity contribution in [3.05, 3.63) is 96.6 Å². The molecule has 112 valence electrons. The molecular weight excluding hydrogens is 351 g/mol. The van der Waals surface area contributed by atoms with Crippen molar-refractivity contribution < 1.29 is 17.0 Å². The Morgan fingerprint density at radius 2 is 0.955 bits per heavy atom. The Balaban J connectivity index is 0.00000176. The monoisotopic (exact) mass is 370 g/mol. The zero-order valence-corrected chi connectivity index (χ0v) is 15.2. The third kappa shape index (κ3) is 3.66. The minimum atomic E-state index is -1.40. The fourth-order valence-electron chi connectivity index (χ4n) is 2.79. The third-order valence-electron chi connectivity index (χ3n) is 3.99. The lowest BCUT2D eigenvalue weighted by atomic mass is 10.2. The van der Waals surface area contributed by atoms with Gasteiger partial charge in [-0.15, -0.1) is 0 Å². The van der Waals surface area contributed by atoms with Crippen LogP contribution in [0.3, 0.4) is 0 Å². The second-order valence-electron chi connectivity index (χ2n) is 5.51. The van der Waals surface area contributed by atoms with E-state index in [0.717, 1.165) is 6.16 Å². The van der Waals surface area contributed by atoms with Crippen LogP contribution in [0.2, 0.25) is 0 Å². The maximum absolute atomic E-state index is 2.45. The van der Waals surface area contributed by atoms with Crippen LogP contribution < -0.4 is 27.6 Å². The molecule has 0 fully saturated rings. The van der Waals surface area contributed by atoms with Gasteiger partial charge in [-0.2, -0.15) is 0 Å². The van der Waals surface area contributed by atoms with Crippen molar-refractivity contribution >= 4 is 17.9 Å². The molecule has 0 spiro atoms. The lowest BCUT2D eigenvalue weighted by Gasteiger charge is -2.23. The largest absolute Gasteiger partial charge is 1.00 e. The summed E-state index contributed by atoms with van der Waals surface area (Å²) in [5.41, 5.74) is 1.42. The highest BCUT2D eigenvalue weighted by Crippen LogP contribution is 2.55. The van der Waals surface area contributed by atoms with Crippen molar-refractivity contribution in [2.24, 2.45) is 0 Å². The molecule has 0 radical (unpaired) electrons. The van der Waals surface area contributed by atoms with Crippen LogP contribution in [-0.4, -0.2) is 6.66 Å². The standard InChI is InChI=1S/C20H20P.BrH/c1-21(19-13-7-3-8-14-19,20-15-9-4-10-16-20)17-18-11-5-2-6-12-18;/h2-16H,17H2,1H3;1H/q+1;/p-1. The van der Waals surface area contributed by atoms with Gasteiger partial charge < -0.3 is 17.0 Å². The van der Waals surface area contributed by atoms with E-state index >= 15 is 0 Å². The summed E-state index contributed by atoms with van der Waals surface area (Å²) in [7, 11) is -1.40. The second kappa shape index (κ2) is 7.72. The Kier molecular flexibility index (Phi) is 5.94. The summed E-state index contributed by atoms with van der Waals surface area (Å²) < 4.78 is 0. The molecule has 0 heterocycles. The first-order chi connectivity index (χ1) is 10.3. The predicted molar refractivity (Wildman–Crippen MR) is 95.1 cm³/mol. The highest BCUT2D eigenvalue weighted by atomic mass is 79.9. The van der Waals surface area contributed by atoms with E-state index in [1.165, 1.54) is 16.2 Å². The quantitative estimate of drug-likeness (QED) is 0.610. The van der Waals surface area contributed by atoms with Crippen molar-refractivity contribution in [1.82, 2.24) is 0 Å². The number of benzene rings is 3. The van der Waals surface area contributed by atoms with Crippen LogP contribution in [0.1, 0.15) is 5.56 Å². The molecule has 0 amide bonds. The van der Waals surface area contributed by atoms with Crippen LogP contribution in [0.25, 0.3) is 0 Å². The summed E-state index contributed by atoms with van der Waals surface area (Å²) in [6, 6.07) is 32.8. The van der Waals surface area contributed by atoms with Gasteiger partial charge in [-0.3, -0.25) is 0 Å². The Labute approximate surface area is 144 Å². The molecule has 0 atom stereocenters. The van der Waals surface area contributed by atoms with Crippen molar-refractivity contribution in [1.29, 1.82) is 0 Å². The Bertz CT molecular complexity index is 641. The van der Waals surface area contributed by atoms with Crippen LogP contribution in [-0.2, 0) is 6.16 Å². The third-order valence-corrected chi connectivity index (χ3v) is 7.87. The molecule has 2 heteroatoms. The average Bonchev–Trinajstić information content (AvgIpc) is 2.57. The van der Waals surface area contributed by atoms with Gasteiger partial charge in [-0.25, -0.2) is 0 Å². The van der Waals surface area contributed by atoms with Gasteiger partial charge in [0.05, 0.1) is 30.7 Å². The Hall–Kier alpha value is -1.43. The molecule has 3 aromatic carbocycles. The summed E-state index contributed by atoms with van der Waals surface area (Å²) in [6.45, 7) is 2.45. The minimum absolute atomic E-state index is 0. The van der Waals surface area contributed by atoms with E-state index in [2.05, 4.69) is 97.7 Å². The summed E-state index contributed by atoms with van der Waals surface area (Å²) in [6.07, 6.45) is 1.11. The van der Waals surface area contributed by atoms with Crippen LogP contribution in [0.15, 0.2) is 91.0 Å². The molecule has 0 nitrogen and oxygen atoms in total. The lowest BCUT2D eigenvalue weighted by molar-refractivity contribution is -0.00000421. The van der Waals surface area contributed by atoms with Crippen LogP contribution >= 0.6 is 7.26 Å². The fraction of sp³-hybridized carbons (Fsp3) is 0.100. The van der Waals surface area contributed by atoms with E-state index < -0.39 is 7.26 Å². The highest BCUT2D eigenvalue weighted by molar-refractivity contribution is 7.88. The SMILES string of the molecule is C[P+](Cc1ccccc1)(c1ccccc1)c1ccccc1.[Br-]. The summed E-state index contributed by atoms with van der Waals surface area (Å²) in [5.74, 6) is 0. The van der Waals surface area contributed by atoms with Crippen molar-refractivity contribution in [3.8, 4) is 0 Å². The molecule has 3 rings (SSSR count). The van der Waals surface area contributed by atoms with Gasteiger partial charge in [0.15, 0.2) is 0 Å². The highest BCUT2D eigenvalue weighted by Gasteiger charge is 2.37. The normalized spacial score (nSPS) is 10.8. The van der Waals surface area contributed by atoms with Gasteiger partial charge in [0.1, 0.15) is 0 Å². The van der Waals surface area contributed by atoms with Gasteiger partial charge in [0.2, 0.25) is 0 Å². The summed E-state index contributed by atoms with van der Waals surface area (Å²) in [4.78, 5) is 0. The molecule has 0 saturated carbocycles. The zero-order chi connectivity index (χ0) is 14.5. The van der Waals surface area contributed by atoms with Crippen molar-refractivity contribution in [2.45, 2.75) is 6.16 Å². The van der Waals surface area contributed by atoms with Crippen molar-refractivity contribution in [3.63, 3.8) is 0 Å². The van der Waals surface area contributed by atoms with Crippen molar-refractivity contribution in [2.75, 3.05) is 6.66 Å². The molecule has 0 unspecified atom stereocenters. The smallest absolute Gasteiger partial charge is 0.0992 e. The second-order valence-corrected chi connectivity index (χ2v) is 9.24.